The van der Waals surface area contributed by atoms with Gasteiger partial charge in [-0.2, -0.15) is 0 Å². The van der Waals surface area contributed by atoms with E-state index in [0.29, 0.717) is 17.4 Å². The molecular formula is C17H19FNO2P. The summed E-state index contributed by atoms with van der Waals surface area (Å²) in [6.07, 6.45) is -0.565. The fourth-order valence-corrected chi connectivity index (χ4v) is 2.50. The van der Waals surface area contributed by atoms with Crippen molar-refractivity contribution in [2.24, 2.45) is 0 Å². The number of carbonyl (C=O) groups is 1. The molecule has 22 heavy (non-hydrogen) atoms. The molecule has 2 rings (SSSR count). The quantitative estimate of drug-likeness (QED) is 0.878. The van der Waals surface area contributed by atoms with Crippen LogP contribution in [-0.4, -0.2) is 6.09 Å². The number of alkyl carbamates (subject to hydrolysis) is 1. The third-order valence-corrected chi connectivity index (χ3v) is 3.79. The number of amides is 1. The van der Waals surface area contributed by atoms with Gasteiger partial charge in [-0.05, 0) is 36.3 Å². The monoisotopic (exact) mass is 319 g/mol. The van der Waals surface area contributed by atoms with Crippen LogP contribution in [0.3, 0.4) is 0 Å². The first-order valence-corrected chi connectivity index (χ1v) is 7.54. The number of halogens is 1. The number of hydrogen-bond acceptors (Lipinski definition) is 2. The van der Waals surface area contributed by atoms with Gasteiger partial charge in [-0.25, -0.2) is 9.18 Å². The Morgan fingerprint density at radius 3 is 2.50 bits per heavy atom. The third kappa shape index (κ3) is 4.54. The minimum atomic E-state index is -0.565. The van der Waals surface area contributed by atoms with Crippen molar-refractivity contribution in [3.63, 3.8) is 0 Å². The Morgan fingerprint density at radius 2 is 1.86 bits per heavy atom. The normalized spacial score (nSPS) is 10.4. The van der Waals surface area contributed by atoms with Crippen LogP contribution in [-0.2, 0) is 17.9 Å². The average Bonchev–Trinajstić information content (AvgIpc) is 2.45. The first kappa shape index (κ1) is 16.4. The van der Waals surface area contributed by atoms with Crippen LogP contribution >= 0.6 is 9.24 Å². The molecule has 0 aliphatic heterocycles. The maximum atomic E-state index is 13.8. The summed E-state index contributed by atoms with van der Waals surface area (Å²) in [4.78, 5) is 11.7. The molecule has 2 aromatic carbocycles. The van der Waals surface area contributed by atoms with Gasteiger partial charge in [0.25, 0.3) is 0 Å². The molecule has 0 fully saturated rings. The number of carbonyl (C=O) groups excluding carboxylic acids is 1. The highest BCUT2D eigenvalue weighted by Crippen LogP contribution is 2.12. The molecule has 116 valence electrons. The van der Waals surface area contributed by atoms with E-state index in [1.54, 1.807) is 0 Å². The lowest BCUT2D eigenvalue weighted by molar-refractivity contribution is 0.138. The molecule has 0 saturated carbocycles. The fourth-order valence-electron chi connectivity index (χ4n) is 2.02. The van der Waals surface area contributed by atoms with Gasteiger partial charge >= 0.3 is 6.09 Å². The molecule has 1 unspecified atom stereocenters. The topological polar surface area (TPSA) is 38.3 Å². The highest BCUT2D eigenvalue weighted by Gasteiger charge is 2.10. The maximum absolute atomic E-state index is 13.8. The zero-order chi connectivity index (χ0) is 16.1. The molecule has 0 bridgehead atoms. The molecule has 1 atom stereocenters. The van der Waals surface area contributed by atoms with Crippen LogP contribution in [0.2, 0.25) is 0 Å². The fraction of sp³-hybridized carbons (Fsp3) is 0.235. The SMILES string of the molecule is Cc1ccc(CNC(=O)OCc2c(F)cc(C)cc2P)cc1. The molecule has 0 aliphatic carbocycles. The van der Waals surface area contributed by atoms with E-state index in [-0.39, 0.29) is 12.4 Å². The third-order valence-electron chi connectivity index (χ3n) is 3.28. The number of benzene rings is 2. The zero-order valence-electron chi connectivity index (χ0n) is 12.7. The standard InChI is InChI=1S/C17H19FNO2P/c1-11-3-5-13(6-4-11)9-19-17(20)21-10-14-15(18)7-12(2)8-16(14)22/h3-8H,9-10,22H2,1-2H3,(H,19,20). The first-order chi connectivity index (χ1) is 10.5. The van der Waals surface area contributed by atoms with Crippen LogP contribution in [0.5, 0.6) is 0 Å². The van der Waals surface area contributed by atoms with Crippen LogP contribution in [0.1, 0.15) is 22.3 Å². The molecule has 1 N–H and O–H groups in total. The Morgan fingerprint density at radius 1 is 1.18 bits per heavy atom. The van der Waals surface area contributed by atoms with E-state index in [2.05, 4.69) is 14.6 Å². The molecule has 0 radical (unpaired) electrons. The van der Waals surface area contributed by atoms with Crippen molar-refractivity contribution in [1.29, 1.82) is 0 Å². The van der Waals surface area contributed by atoms with Crippen LogP contribution in [0, 0.1) is 19.7 Å². The van der Waals surface area contributed by atoms with Crippen molar-refractivity contribution in [1.82, 2.24) is 5.32 Å². The molecule has 2 aromatic rings. The molecule has 5 heteroatoms. The van der Waals surface area contributed by atoms with Crippen molar-refractivity contribution in [3.05, 3.63) is 64.5 Å². The number of hydrogen-bond donors (Lipinski definition) is 1. The molecule has 3 nitrogen and oxygen atoms in total. The average molecular weight is 319 g/mol. The summed E-state index contributed by atoms with van der Waals surface area (Å²) in [7, 11) is 2.46. The Kier molecular flexibility index (Phi) is 5.51. The lowest BCUT2D eigenvalue weighted by Gasteiger charge is -2.10. The number of ether oxygens (including phenoxy) is 1. The second kappa shape index (κ2) is 7.37. The van der Waals surface area contributed by atoms with Crippen molar-refractivity contribution in [2.75, 3.05) is 0 Å². The predicted molar refractivity (Wildman–Crippen MR) is 88.7 cm³/mol. The minimum absolute atomic E-state index is 0.0926. The van der Waals surface area contributed by atoms with Crippen LogP contribution in [0.4, 0.5) is 9.18 Å². The molecule has 0 spiro atoms. The van der Waals surface area contributed by atoms with E-state index in [1.807, 2.05) is 44.2 Å². The lowest BCUT2D eigenvalue weighted by atomic mass is 10.1. The van der Waals surface area contributed by atoms with Crippen molar-refractivity contribution in [2.45, 2.75) is 27.0 Å². The highest BCUT2D eigenvalue weighted by atomic mass is 31.0. The van der Waals surface area contributed by atoms with Gasteiger partial charge in [-0.3, -0.25) is 0 Å². The van der Waals surface area contributed by atoms with E-state index in [4.69, 9.17) is 4.74 Å². The summed E-state index contributed by atoms with van der Waals surface area (Å²) >= 11 is 0. The molecule has 0 saturated heterocycles. The Labute approximate surface area is 132 Å². The lowest BCUT2D eigenvalue weighted by Crippen LogP contribution is -2.24. The predicted octanol–water partition coefficient (Wildman–Crippen LogP) is 3.37. The smallest absolute Gasteiger partial charge is 0.407 e. The van der Waals surface area contributed by atoms with E-state index in [0.717, 1.165) is 16.7 Å². The first-order valence-electron chi connectivity index (χ1n) is 6.96. The number of nitrogens with one attached hydrogen (secondary N) is 1. The molecule has 1 amide bonds. The van der Waals surface area contributed by atoms with Crippen LogP contribution in [0.25, 0.3) is 0 Å². The Balaban J connectivity index is 1.87. The van der Waals surface area contributed by atoms with Gasteiger partial charge in [0.15, 0.2) is 0 Å². The van der Waals surface area contributed by atoms with Gasteiger partial charge in [-0.15, -0.1) is 9.24 Å². The van der Waals surface area contributed by atoms with E-state index < -0.39 is 6.09 Å². The van der Waals surface area contributed by atoms with Crippen LogP contribution < -0.4 is 10.6 Å². The summed E-state index contributed by atoms with van der Waals surface area (Å²) in [5, 5.41) is 3.35. The van der Waals surface area contributed by atoms with Gasteiger partial charge in [0.05, 0.1) is 0 Å². The van der Waals surface area contributed by atoms with Crippen molar-refractivity contribution >= 4 is 20.6 Å². The van der Waals surface area contributed by atoms with Gasteiger partial charge < -0.3 is 10.1 Å². The maximum Gasteiger partial charge on any atom is 0.407 e. The molecule has 0 aliphatic rings. The Hall–Kier alpha value is -1.93. The van der Waals surface area contributed by atoms with Gasteiger partial charge in [-0.1, -0.05) is 35.9 Å². The second-order valence-electron chi connectivity index (χ2n) is 5.23. The second-order valence-corrected chi connectivity index (χ2v) is 5.85. The van der Waals surface area contributed by atoms with Gasteiger partial charge in [0.2, 0.25) is 0 Å². The number of rotatable bonds is 4. The summed E-state index contributed by atoms with van der Waals surface area (Å²) in [6, 6.07) is 11.1. The van der Waals surface area contributed by atoms with Crippen molar-refractivity contribution in [3.8, 4) is 0 Å². The van der Waals surface area contributed by atoms with Gasteiger partial charge in [0, 0.05) is 12.1 Å². The summed E-state index contributed by atoms with van der Waals surface area (Å²) in [5.74, 6) is -0.365. The van der Waals surface area contributed by atoms with E-state index in [1.165, 1.54) is 6.07 Å². The van der Waals surface area contributed by atoms with E-state index in [9.17, 15) is 9.18 Å². The van der Waals surface area contributed by atoms with Gasteiger partial charge in [0.1, 0.15) is 12.4 Å². The highest BCUT2D eigenvalue weighted by molar-refractivity contribution is 7.27. The summed E-state index contributed by atoms with van der Waals surface area (Å²) in [5.41, 5.74) is 3.35. The number of aryl methyl sites for hydroxylation is 2. The minimum Gasteiger partial charge on any atom is -0.445 e. The molecular weight excluding hydrogens is 300 g/mol. The van der Waals surface area contributed by atoms with Crippen LogP contribution in [0.15, 0.2) is 36.4 Å². The Bertz CT molecular complexity index is 648. The van der Waals surface area contributed by atoms with Crippen molar-refractivity contribution < 1.29 is 13.9 Å². The zero-order valence-corrected chi connectivity index (χ0v) is 13.8. The summed E-state index contributed by atoms with van der Waals surface area (Å²) < 4.78 is 18.9. The largest absolute Gasteiger partial charge is 0.445 e. The van der Waals surface area contributed by atoms with E-state index >= 15 is 0 Å². The molecule has 0 aromatic heterocycles. The molecule has 0 heterocycles. The summed E-state index contributed by atoms with van der Waals surface area (Å²) in [6.45, 7) is 4.10.